The highest BCUT2D eigenvalue weighted by atomic mass is 35.5. The van der Waals surface area contributed by atoms with Crippen molar-refractivity contribution < 1.29 is 9.59 Å². The van der Waals surface area contributed by atoms with E-state index in [-0.39, 0.29) is 18.0 Å². The maximum absolute atomic E-state index is 12.4. The standard InChI is InChI=1S/C13H12Cl2N2O2/c14-8-1-4-10(15)11(7-8)17-12(18)5-6-16(13(17)19)9-2-3-9/h1,4,7,9H,2-3,5-6H2. The van der Waals surface area contributed by atoms with E-state index in [2.05, 4.69) is 0 Å². The third kappa shape index (κ3) is 2.30. The van der Waals surface area contributed by atoms with Crippen molar-refractivity contribution >= 4 is 40.8 Å². The lowest BCUT2D eigenvalue weighted by molar-refractivity contribution is -0.119. The zero-order valence-corrected chi connectivity index (χ0v) is 11.6. The van der Waals surface area contributed by atoms with Crippen molar-refractivity contribution in [3.05, 3.63) is 28.2 Å². The molecule has 1 heterocycles. The second-order valence-corrected chi connectivity index (χ2v) is 5.63. The van der Waals surface area contributed by atoms with Crippen molar-refractivity contribution in [1.29, 1.82) is 0 Å². The fourth-order valence-corrected chi connectivity index (χ4v) is 2.65. The number of rotatable bonds is 2. The molecule has 0 bridgehead atoms. The normalized spacial score (nSPS) is 20.1. The summed E-state index contributed by atoms with van der Waals surface area (Å²) in [4.78, 5) is 27.3. The van der Waals surface area contributed by atoms with Crippen LogP contribution in [0.1, 0.15) is 19.3 Å². The Hall–Kier alpha value is -1.26. The van der Waals surface area contributed by atoms with Gasteiger partial charge in [0.05, 0.1) is 10.7 Å². The minimum Gasteiger partial charge on any atom is -0.320 e. The van der Waals surface area contributed by atoms with Gasteiger partial charge in [-0.15, -0.1) is 0 Å². The van der Waals surface area contributed by atoms with Gasteiger partial charge in [0, 0.05) is 24.0 Å². The quantitative estimate of drug-likeness (QED) is 0.840. The van der Waals surface area contributed by atoms with Crippen LogP contribution in [0.2, 0.25) is 10.0 Å². The van der Waals surface area contributed by atoms with E-state index >= 15 is 0 Å². The first-order valence-electron chi connectivity index (χ1n) is 6.16. The summed E-state index contributed by atoms with van der Waals surface area (Å²) in [6.07, 6.45) is 2.35. The van der Waals surface area contributed by atoms with Crippen molar-refractivity contribution in [1.82, 2.24) is 4.90 Å². The first kappa shape index (κ1) is 12.8. The van der Waals surface area contributed by atoms with E-state index in [1.165, 1.54) is 0 Å². The van der Waals surface area contributed by atoms with Gasteiger partial charge in [-0.05, 0) is 31.0 Å². The summed E-state index contributed by atoms with van der Waals surface area (Å²) in [6, 6.07) is 4.76. The third-order valence-electron chi connectivity index (χ3n) is 3.39. The fraction of sp³-hybridized carbons (Fsp3) is 0.385. The largest absolute Gasteiger partial charge is 0.331 e. The number of imide groups is 1. The summed E-state index contributed by atoms with van der Waals surface area (Å²) in [6.45, 7) is 0.497. The fourth-order valence-electron chi connectivity index (χ4n) is 2.28. The summed E-state index contributed by atoms with van der Waals surface area (Å²) < 4.78 is 0. The van der Waals surface area contributed by atoms with Crippen molar-refractivity contribution in [3.8, 4) is 0 Å². The first-order valence-corrected chi connectivity index (χ1v) is 6.92. The number of carbonyl (C=O) groups excluding carboxylic acids is 2. The molecule has 100 valence electrons. The van der Waals surface area contributed by atoms with Gasteiger partial charge in [-0.2, -0.15) is 0 Å². The molecular weight excluding hydrogens is 287 g/mol. The van der Waals surface area contributed by atoms with Crippen LogP contribution in [-0.2, 0) is 4.79 Å². The average molecular weight is 299 g/mol. The zero-order chi connectivity index (χ0) is 13.6. The van der Waals surface area contributed by atoms with E-state index in [4.69, 9.17) is 23.2 Å². The van der Waals surface area contributed by atoms with Crippen LogP contribution in [-0.4, -0.2) is 29.4 Å². The molecule has 2 aliphatic rings. The van der Waals surface area contributed by atoms with Gasteiger partial charge in [0.25, 0.3) is 0 Å². The van der Waals surface area contributed by atoms with Gasteiger partial charge in [0.2, 0.25) is 5.91 Å². The molecule has 1 aromatic carbocycles. The van der Waals surface area contributed by atoms with Crippen LogP contribution in [0.5, 0.6) is 0 Å². The van der Waals surface area contributed by atoms with E-state index in [9.17, 15) is 9.59 Å². The topological polar surface area (TPSA) is 40.6 Å². The molecule has 3 rings (SSSR count). The Morgan fingerprint density at radius 3 is 2.58 bits per heavy atom. The lowest BCUT2D eigenvalue weighted by Gasteiger charge is -2.34. The second kappa shape index (κ2) is 4.69. The van der Waals surface area contributed by atoms with Crippen LogP contribution in [0, 0.1) is 0 Å². The lowest BCUT2D eigenvalue weighted by atomic mass is 10.2. The molecule has 1 aliphatic heterocycles. The molecule has 0 N–H and O–H groups in total. The van der Waals surface area contributed by atoms with E-state index in [1.807, 2.05) is 0 Å². The van der Waals surface area contributed by atoms with E-state index < -0.39 is 0 Å². The molecule has 4 nitrogen and oxygen atoms in total. The molecular formula is C13H12Cl2N2O2. The Balaban J connectivity index is 1.98. The van der Waals surface area contributed by atoms with Crippen molar-refractivity contribution in [2.45, 2.75) is 25.3 Å². The minimum absolute atomic E-state index is 0.230. The number of halogens is 2. The molecule has 1 saturated carbocycles. The maximum Gasteiger partial charge on any atom is 0.331 e. The van der Waals surface area contributed by atoms with Crippen LogP contribution in [0.3, 0.4) is 0 Å². The molecule has 0 radical (unpaired) electrons. The Kier molecular flexibility index (Phi) is 3.15. The van der Waals surface area contributed by atoms with E-state index in [0.717, 1.165) is 17.7 Å². The van der Waals surface area contributed by atoms with Crippen LogP contribution in [0.4, 0.5) is 10.5 Å². The number of carbonyl (C=O) groups is 2. The van der Waals surface area contributed by atoms with Crippen molar-refractivity contribution in [3.63, 3.8) is 0 Å². The number of hydrogen-bond donors (Lipinski definition) is 0. The summed E-state index contributed by atoms with van der Waals surface area (Å²) in [5.74, 6) is -0.230. The van der Waals surface area contributed by atoms with Crippen molar-refractivity contribution in [2.75, 3.05) is 11.4 Å². The zero-order valence-electron chi connectivity index (χ0n) is 10.1. The number of hydrogen-bond acceptors (Lipinski definition) is 2. The molecule has 0 spiro atoms. The number of amides is 3. The molecule has 19 heavy (non-hydrogen) atoms. The second-order valence-electron chi connectivity index (χ2n) is 4.78. The molecule has 2 fully saturated rings. The number of nitrogens with zero attached hydrogens (tertiary/aromatic N) is 2. The molecule has 0 unspecified atom stereocenters. The molecule has 0 atom stereocenters. The molecule has 3 amide bonds. The monoisotopic (exact) mass is 298 g/mol. The van der Waals surface area contributed by atoms with Gasteiger partial charge < -0.3 is 4.90 Å². The van der Waals surface area contributed by atoms with Gasteiger partial charge in [0.1, 0.15) is 0 Å². The Morgan fingerprint density at radius 1 is 1.16 bits per heavy atom. The van der Waals surface area contributed by atoms with E-state index in [1.54, 1.807) is 23.1 Å². The van der Waals surface area contributed by atoms with Gasteiger partial charge in [-0.1, -0.05) is 23.2 Å². The smallest absolute Gasteiger partial charge is 0.320 e. The minimum atomic E-state index is -0.289. The summed E-state index contributed by atoms with van der Waals surface area (Å²) in [5, 5.41) is 0.798. The highest BCUT2D eigenvalue weighted by Gasteiger charge is 2.41. The molecule has 1 saturated heterocycles. The predicted octanol–water partition coefficient (Wildman–Crippen LogP) is 3.31. The van der Waals surface area contributed by atoms with Gasteiger partial charge in [0.15, 0.2) is 0 Å². The molecule has 0 aromatic heterocycles. The number of anilines is 1. The average Bonchev–Trinajstić information content (AvgIpc) is 3.18. The SMILES string of the molecule is O=C1CCN(C2CC2)C(=O)N1c1cc(Cl)ccc1Cl. The summed E-state index contributed by atoms with van der Waals surface area (Å²) in [7, 11) is 0. The first-order chi connectivity index (χ1) is 9.08. The predicted molar refractivity (Wildman–Crippen MR) is 73.7 cm³/mol. The van der Waals surface area contributed by atoms with Gasteiger partial charge in [-0.3, -0.25) is 4.79 Å². The Bertz CT molecular complexity index is 558. The third-order valence-corrected chi connectivity index (χ3v) is 3.94. The van der Waals surface area contributed by atoms with Crippen LogP contribution in [0.15, 0.2) is 18.2 Å². The van der Waals surface area contributed by atoms with Crippen LogP contribution >= 0.6 is 23.2 Å². The number of benzene rings is 1. The highest BCUT2D eigenvalue weighted by Crippen LogP contribution is 2.35. The highest BCUT2D eigenvalue weighted by molar-refractivity contribution is 6.37. The maximum atomic E-state index is 12.4. The lowest BCUT2D eigenvalue weighted by Crippen LogP contribution is -2.53. The Morgan fingerprint density at radius 2 is 1.89 bits per heavy atom. The summed E-state index contributed by atoms with van der Waals surface area (Å²) >= 11 is 12.0. The number of urea groups is 1. The molecule has 6 heteroatoms. The van der Waals surface area contributed by atoms with Gasteiger partial charge >= 0.3 is 6.03 Å². The molecule has 1 aliphatic carbocycles. The summed E-state index contributed by atoms with van der Waals surface area (Å²) in [5.41, 5.74) is 0.370. The molecule has 1 aromatic rings. The van der Waals surface area contributed by atoms with Gasteiger partial charge in [-0.25, -0.2) is 9.69 Å². The Labute approximate surface area is 120 Å². The van der Waals surface area contributed by atoms with Crippen molar-refractivity contribution in [2.24, 2.45) is 0 Å². The van der Waals surface area contributed by atoms with E-state index in [0.29, 0.717) is 28.7 Å². The van der Waals surface area contributed by atoms with Crippen LogP contribution < -0.4 is 4.90 Å². The van der Waals surface area contributed by atoms with Crippen LogP contribution in [0.25, 0.3) is 0 Å².